The molecule has 152 valence electrons. The molecular formula is C23H22N4O3. The van der Waals surface area contributed by atoms with Crippen molar-refractivity contribution in [3.63, 3.8) is 0 Å². The molecule has 0 atom stereocenters. The number of rotatable bonds is 7. The summed E-state index contributed by atoms with van der Waals surface area (Å²) in [4.78, 5) is 26.5. The third kappa shape index (κ3) is 4.73. The average molecular weight is 402 g/mol. The van der Waals surface area contributed by atoms with Crippen LogP contribution in [0.2, 0.25) is 0 Å². The van der Waals surface area contributed by atoms with Crippen LogP contribution < -0.4 is 4.90 Å². The monoisotopic (exact) mass is 402 g/mol. The van der Waals surface area contributed by atoms with Gasteiger partial charge in [0.2, 0.25) is 0 Å². The third-order valence-electron chi connectivity index (χ3n) is 4.69. The molecule has 1 aromatic heterocycles. The van der Waals surface area contributed by atoms with Gasteiger partial charge in [-0.2, -0.15) is 10.4 Å². The van der Waals surface area contributed by atoms with Crippen molar-refractivity contribution in [2.24, 2.45) is 0 Å². The molecule has 0 saturated heterocycles. The van der Waals surface area contributed by atoms with Crippen LogP contribution in [0.25, 0.3) is 0 Å². The SMILES string of the molecule is Cc1nn(Cc2ccccc2)c(C)c1C(=O)OCC(=O)N(CC#N)c1ccccc1. The van der Waals surface area contributed by atoms with Crippen molar-refractivity contribution in [3.05, 3.63) is 83.2 Å². The molecular weight excluding hydrogens is 380 g/mol. The van der Waals surface area contributed by atoms with Gasteiger partial charge in [-0.15, -0.1) is 0 Å². The molecule has 0 aliphatic rings. The van der Waals surface area contributed by atoms with Crippen LogP contribution in [-0.4, -0.2) is 34.8 Å². The summed E-state index contributed by atoms with van der Waals surface area (Å²) < 4.78 is 7.02. The van der Waals surface area contributed by atoms with E-state index in [1.165, 1.54) is 4.90 Å². The second-order valence-corrected chi connectivity index (χ2v) is 6.74. The second-order valence-electron chi connectivity index (χ2n) is 6.74. The van der Waals surface area contributed by atoms with Gasteiger partial charge in [0.05, 0.1) is 24.0 Å². The highest BCUT2D eigenvalue weighted by Crippen LogP contribution is 2.17. The number of aromatic nitrogens is 2. The fourth-order valence-electron chi connectivity index (χ4n) is 3.18. The van der Waals surface area contributed by atoms with Crippen LogP contribution in [0.3, 0.4) is 0 Å². The minimum Gasteiger partial charge on any atom is -0.452 e. The lowest BCUT2D eigenvalue weighted by Crippen LogP contribution is -2.35. The number of nitriles is 1. The van der Waals surface area contributed by atoms with E-state index in [1.54, 1.807) is 42.8 Å². The quantitative estimate of drug-likeness (QED) is 0.447. The Morgan fingerprint density at radius 2 is 1.70 bits per heavy atom. The van der Waals surface area contributed by atoms with Gasteiger partial charge in [-0.05, 0) is 31.5 Å². The number of ether oxygens (including phenoxy) is 1. The molecule has 0 saturated carbocycles. The normalized spacial score (nSPS) is 10.3. The highest BCUT2D eigenvalue weighted by atomic mass is 16.5. The zero-order chi connectivity index (χ0) is 21.5. The lowest BCUT2D eigenvalue weighted by Gasteiger charge is -2.19. The molecule has 0 bridgehead atoms. The number of anilines is 1. The summed E-state index contributed by atoms with van der Waals surface area (Å²) in [5.74, 6) is -1.08. The predicted octanol–water partition coefficient (Wildman–Crippen LogP) is 3.26. The third-order valence-corrected chi connectivity index (χ3v) is 4.69. The highest BCUT2D eigenvalue weighted by Gasteiger charge is 2.23. The maximum atomic E-state index is 12.7. The first-order valence-electron chi connectivity index (χ1n) is 9.48. The van der Waals surface area contributed by atoms with Gasteiger partial charge in [-0.1, -0.05) is 48.5 Å². The Balaban J connectivity index is 1.70. The Labute approximate surface area is 175 Å². The Morgan fingerprint density at radius 1 is 1.07 bits per heavy atom. The van der Waals surface area contributed by atoms with Crippen LogP contribution in [0.1, 0.15) is 27.3 Å². The van der Waals surface area contributed by atoms with E-state index < -0.39 is 18.5 Å². The molecule has 7 nitrogen and oxygen atoms in total. The van der Waals surface area contributed by atoms with Crippen LogP contribution >= 0.6 is 0 Å². The van der Waals surface area contributed by atoms with Crippen LogP contribution in [0.15, 0.2) is 60.7 Å². The van der Waals surface area contributed by atoms with Gasteiger partial charge in [-0.25, -0.2) is 4.79 Å². The fourth-order valence-corrected chi connectivity index (χ4v) is 3.18. The molecule has 0 aliphatic heterocycles. The maximum Gasteiger partial charge on any atom is 0.342 e. The summed E-state index contributed by atoms with van der Waals surface area (Å²) in [5.41, 5.74) is 3.20. The molecule has 1 heterocycles. The number of esters is 1. The first-order valence-corrected chi connectivity index (χ1v) is 9.48. The topological polar surface area (TPSA) is 88.2 Å². The van der Waals surface area contributed by atoms with Crippen molar-refractivity contribution >= 4 is 17.6 Å². The van der Waals surface area contributed by atoms with Crippen LogP contribution in [0.5, 0.6) is 0 Å². The van der Waals surface area contributed by atoms with Gasteiger partial charge in [0.1, 0.15) is 12.1 Å². The number of para-hydroxylation sites is 1. The summed E-state index contributed by atoms with van der Waals surface area (Å²) in [6.45, 7) is 3.47. The molecule has 1 amide bonds. The van der Waals surface area contributed by atoms with Gasteiger partial charge < -0.3 is 4.74 Å². The van der Waals surface area contributed by atoms with E-state index in [4.69, 9.17) is 10.00 Å². The summed E-state index contributed by atoms with van der Waals surface area (Å²) in [7, 11) is 0. The minimum absolute atomic E-state index is 0.131. The number of carbonyl (C=O) groups is 2. The zero-order valence-corrected chi connectivity index (χ0v) is 16.9. The Morgan fingerprint density at radius 3 is 2.33 bits per heavy atom. The molecule has 0 fully saturated rings. The first-order chi connectivity index (χ1) is 14.5. The second kappa shape index (κ2) is 9.52. The molecule has 30 heavy (non-hydrogen) atoms. The zero-order valence-electron chi connectivity index (χ0n) is 16.9. The van der Waals surface area contributed by atoms with Crippen LogP contribution in [-0.2, 0) is 16.1 Å². The van der Waals surface area contributed by atoms with Crippen molar-refractivity contribution in [2.45, 2.75) is 20.4 Å². The Bertz CT molecular complexity index is 1070. The Hall–Kier alpha value is -3.92. The number of hydrogen-bond donors (Lipinski definition) is 0. The van der Waals surface area contributed by atoms with Crippen molar-refractivity contribution < 1.29 is 14.3 Å². The Kier molecular flexibility index (Phi) is 6.60. The van der Waals surface area contributed by atoms with Gasteiger partial charge >= 0.3 is 5.97 Å². The van der Waals surface area contributed by atoms with Gasteiger partial charge in [-0.3, -0.25) is 14.4 Å². The number of amides is 1. The molecule has 0 aliphatic carbocycles. The summed E-state index contributed by atoms with van der Waals surface area (Å²) in [6, 6.07) is 20.6. The van der Waals surface area contributed by atoms with Crippen molar-refractivity contribution in [3.8, 4) is 6.07 Å². The molecule has 3 rings (SSSR count). The van der Waals surface area contributed by atoms with Crippen molar-refractivity contribution in [1.82, 2.24) is 9.78 Å². The van der Waals surface area contributed by atoms with E-state index in [0.717, 1.165) is 5.56 Å². The molecule has 0 radical (unpaired) electrons. The molecule has 0 spiro atoms. The lowest BCUT2D eigenvalue weighted by atomic mass is 10.2. The molecule has 0 unspecified atom stereocenters. The van der Waals surface area contributed by atoms with E-state index in [9.17, 15) is 9.59 Å². The van der Waals surface area contributed by atoms with Gasteiger partial charge in [0, 0.05) is 5.69 Å². The number of benzene rings is 2. The smallest absolute Gasteiger partial charge is 0.342 e. The molecule has 0 N–H and O–H groups in total. The fraction of sp³-hybridized carbons (Fsp3) is 0.217. The van der Waals surface area contributed by atoms with Crippen molar-refractivity contribution in [2.75, 3.05) is 18.1 Å². The number of aryl methyl sites for hydroxylation is 1. The van der Waals surface area contributed by atoms with E-state index in [2.05, 4.69) is 5.10 Å². The van der Waals surface area contributed by atoms with Crippen LogP contribution in [0, 0.1) is 25.2 Å². The van der Waals surface area contributed by atoms with Gasteiger partial charge in [0.15, 0.2) is 6.61 Å². The average Bonchev–Trinajstić information content (AvgIpc) is 3.04. The molecule has 7 heteroatoms. The number of carbonyl (C=O) groups excluding carboxylic acids is 2. The predicted molar refractivity (Wildman–Crippen MR) is 112 cm³/mol. The lowest BCUT2D eigenvalue weighted by molar-refractivity contribution is -0.121. The van der Waals surface area contributed by atoms with E-state index in [0.29, 0.717) is 29.2 Å². The molecule has 2 aromatic carbocycles. The highest BCUT2D eigenvalue weighted by molar-refractivity contribution is 5.98. The van der Waals surface area contributed by atoms with E-state index in [-0.39, 0.29) is 6.54 Å². The summed E-state index contributed by atoms with van der Waals surface area (Å²) in [6.07, 6.45) is 0. The van der Waals surface area contributed by atoms with Gasteiger partial charge in [0.25, 0.3) is 5.91 Å². The minimum atomic E-state index is -0.609. The number of hydrogen-bond acceptors (Lipinski definition) is 5. The summed E-state index contributed by atoms with van der Waals surface area (Å²) >= 11 is 0. The van der Waals surface area contributed by atoms with E-state index >= 15 is 0 Å². The maximum absolute atomic E-state index is 12.7. The summed E-state index contributed by atoms with van der Waals surface area (Å²) in [5, 5.41) is 13.5. The largest absolute Gasteiger partial charge is 0.452 e. The molecule has 3 aromatic rings. The number of nitrogens with zero attached hydrogens (tertiary/aromatic N) is 4. The first kappa shape index (κ1) is 20.8. The van der Waals surface area contributed by atoms with Crippen LogP contribution in [0.4, 0.5) is 5.69 Å². The van der Waals surface area contributed by atoms with E-state index in [1.807, 2.05) is 42.5 Å². The van der Waals surface area contributed by atoms with Crippen molar-refractivity contribution in [1.29, 1.82) is 5.26 Å². The standard InChI is InChI=1S/C23H22N4O3/c1-17-22(18(2)27(25-17)15-19-9-5-3-6-10-19)23(29)30-16-21(28)26(14-13-24)20-11-7-4-8-12-20/h3-12H,14-16H2,1-2H3.